The van der Waals surface area contributed by atoms with Crippen molar-refractivity contribution in [3.05, 3.63) is 35.9 Å². The molecule has 1 aliphatic heterocycles. The summed E-state index contributed by atoms with van der Waals surface area (Å²) in [5, 5.41) is 9.12. The van der Waals surface area contributed by atoms with Crippen LogP contribution in [0.1, 0.15) is 37.7 Å². The number of amides is 1. The number of hydrogen-bond donors (Lipinski definition) is 1. The Hall–Kier alpha value is -1.84. The van der Waals surface area contributed by atoms with Crippen LogP contribution in [0.15, 0.2) is 30.3 Å². The van der Waals surface area contributed by atoms with Crippen LogP contribution in [0.2, 0.25) is 0 Å². The van der Waals surface area contributed by atoms with E-state index in [0.29, 0.717) is 18.9 Å². The van der Waals surface area contributed by atoms with Crippen LogP contribution in [-0.4, -0.2) is 34.5 Å². The second-order valence-electron chi connectivity index (χ2n) is 6.31. The van der Waals surface area contributed by atoms with Crippen molar-refractivity contribution < 1.29 is 14.7 Å². The third-order valence-electron chi connectivity index (χ3n) is 5.04. The van der Waals surface area contributed by atoms with Gasteiger partial charge in [-0.15, -0.1) is 0 Å². The molecule has 2 aliphatic rings. The van der Waals surface area contributed by atoms with Gasteiger partial charge >= 0.3 is 5.97 Å². The monoisotopic (exact) mass is 287 g/mol. The SMILES string of the molecule is CC1CC(c2ccccc2)CN1C(=O)C1CCC1C(=O)O. The van der Waals surface area contributed by atoms with Crippen molar-refractivity contribution in [2.45, 2.75) is 38.1 Å². The number of hydrogen-bond acceptors (Lipinski definition) is 2. The minimum atomic E-state index is -0.828. The second-order valence-corrected chi connectivity index (χ2v) is 6.31. The average molecular weight is 287 g/mol. The van der Waals surface area contributed by atoms with Gasteiger partial charge in [-0.3, -0.25) is 9.59 Å². The quantitative estimate of drug-likeness (QED) is 0.929. The van der Waals surface area contributed by atoms with E-state index in [0.717, 1.165) is 12.8 Å². The first-order valence-corrected chi connectivity index (χ1v) is 7.66. The van der Waals surface area contributed by atoms with Crippen LogP contribution in [0.3, 0.4) is 0 Å². The molecule has 0 aromatic heterocycles. The maximum Gasteiger partial charge on any atom is 0.307 e. The zero-order chi connectivity index (χ0) is 15.0. The predicted molar refractivity (Wildman–Crippen MR) is 78.8 cm³/mol. The molecule has 1 aromatic rings. The number of nitrogens with zero attached hydrogens (tertiary/aromatic N) is 1. The number of rotatable bonds is 3. The zero-order valence-electron chi connectivity index (χ0n) is 12.2. The van der Waals surface area contributed by atoms with E-state index in [1.165, 1.54) is 5.56 Å². The largest absolute Gasteiger partial charge is 0.481 e. The van der Waals surface area contributed by atoms with Gasteiger partial charge in [-0.05, 0) is 31.7 Å². The highest BCUT2D eigenvalue weighted by atomic mass is 16.4. The lowest BCUT2D eigenvalue weighted by Crippen LogP contribution is -2.47. The Morgan fingerprint density at radius 1 is 1.14 bits per heavy atom. The van der Waals surface area contributed by atoms with Crippen LogP contribution in [0.25, 0.3) is 0 Å². The van der Waals surface area contributed by atoms with Crippen molar-refractivity contribution >= 4 is 11.9 Å². The normalized spacial score (nSPS) is 31.8. The van der Waals surface area contributed by atoms with Gasteiger partial charge < -0.3 is 10.0 Å². The van der Waals surface area contributed by atoms with Gasteiger partial charge in [0.25, 0.3) is 0 Å². The molecule has 0 bridgehead atoms. The van der Waals surface area contributed by atoms with Crippen LogP contribution in [0.5, 0.6) is 0 Å². The van der Waals surface area contributed by atoms with Gasteiger partial charge in [0.05, 0.1) is 11.8 Å². The molecule has 2 fully saturated rings. The van der Waals surface area contributed by atoms with Gasteiger partial charge in [0, 0.05) is 18.5 Å². The molecule has 4 atom stereocenters. The van der Waals surface area contributed by atoms with Crippen LogP contribution in [0.4, 0.5) is 0 Å². The number of carbonyl (C=O) groups excluding carboxylic acids is 1. The first-order chi connectivity index (χ1) is 10.1. The summed E-state index contributed by atoms with van der Waals surface area (Å²) in [5.41, 5.74) is 1.27. The maximum atomic E-state index is 12.6. The van der Waals surface area contributed by atoms with Gasteiger partial charge in [0.1, 0.15) is 0 Å². The highest BCUT2D eigenvalue weighted by Gasteiger charge is 2.45. The van der Waals surface area contributed by atoms with Crippen molar-refractivity contribution in [3.8, 4) is 0 Å². The Morgan fingerprint density at radius 2 is 1.81 bits per heavy atom. The lowest BCUT2D eigenvalue weighted by molar-refractivity contribution is -0.156. The van der Waals surface area contributed by atoms with E-state index in [1.807, 2.05) is 23.1 Å². The Bertz CT molecular complexity index is 542. The number of carbonyl (C=O) groups is 2. The lowest BCUT2D eigenvalue weighted by atomic mass is 9.73. The molecule has 1 amide bonds. The Kier molecular flexibility index (Phi) is 3.70. The number of likely N-dealkylation sites (tertiary alicyclic amines) is 1. The molecule has 1 aliphatic carbocycles. The van der Waals surface area contributed by atoms with E-state index in [4.69, 9.17) is 5.11 Å². The third kappa shape index (κ3) is 2.55. The van der Waals surface area contributed by atoms with E-state index in [-0.39, 0.29) is 17.9 Å². The fraction of sp³-hybridized carbons (Fsp3) is 0.529. The molecule has 3 rings (SSSR count). The summed E-state index contributed by atoms with van der Waals surface area (Å²) in [7, 11) is 0. The minimum Gasteiger partial charge on any atom is -0.481 e. The van der Waals surface area contributed by atoms with Crippen molar-refractivity contribution in [3.63, 3.8) is 0 Å². The van der Waals surface area contributed by atoms with E-state index in [2.05, 4.69) is 19.1 Å². The standard InChI is InChI=1S/C17H21NO3/c1-11-9-13(12-5-3-2-4-6-12)10-18(11)16(19)14-7-8-15(14)17(20)21/h2-6,11,13-15H,7-10H2,1H3,(H,20,21). The third-order valence-corrected chi connectivity index (χ3v) is 5.04. The highest BCUT2D eigenvalue weighted by molar-refractivity contribution is 5.86. The summed E-state index contributed by atoms with van der Waals surface area (Å²) in [6.07, 6.45) is 2.31. The summed E-state index contributed by atoms with van der Waals surface area (Å²) in [6, 6.07) is 10.5. The molecule has 1 N–H and O–H groups in total. The second kappa shape index (κ2) is 5.51. The summed E-state index contributed by atoms with van der Waals surface area (Å²) in [6.45, 7) is 2.78. The first-order valence-electron chi connectivity index (χ1n) is 7.66. The van der Waals surface area contributed by atoms with Gasteiger partial charge in [0.15, 0.2) is 0 Å². The molecule has 4 heteroatoms. The molecule has 4 unspecified atom stereocenters. The van der Waals surface area contributed by atoms with E-state index in [1.54, 1.807) is 0 Å². The van der Waals surface area contributed by atoms with Crippen molar-refractivity contribution in [1.82, 2.24) is 4.90 Å². The van der Waals surface area contributed by atoms with Gasteiger partial charge in [-0.1, -0.05) is 30.3 Å². The molecule has 1 heterocycles. The van der Waals surface area contributed by atoms with Crippen LogP contribution >= 0.6 is 0 Å². The zero-order valence-corrected chi connectivity index (χ0v) is 12.2. The Morgan fingerprint density at radius 3 is 2.38 bits per heavy atom. The molecular weight excluding hydrogens is 266 g/mol. The van der Waals surface area contributed by atoms with Crippen molar-refractivity contribution in [2.24, 2.45) is 11.8 Å². The molecule has 4 nitrogen and oxygen atoms in total. The Labute approximate surface area is 124 Å². The number of benzene rings is 1. The van der Waals surface area contributed by atoms with E-state index >= 15 is 0 Å². The van der Waals surface area contributed by atoms with Crippen molar-refractivity contribution in [2.75, 3.05) is 6.54 Å². The maximum absolute atomic E-state index is 12.6. The smallest absolute Gasteiger partial charge is 0.307 e. The molecule has 112 valence electrons. The van der Waals surface area contributed by atoms with Gasteiger partial charge in [-0.25, -0.2) is 0 Å². The summed E-state index contributed by atoms with van der Waals surface area (Å²) in [5.74, 6) is -1.20. The lowest BCUT2D eigenvalue weighted by Gasteiger charge is -2.36. The van der Waals surface area contributed by atoms with E-state index < -0.39 is 11.9 Å². The predicted octanol–water partition coefficient (Wildman–Crippen LogP) is 2.50. The molecule has 21 heavy (non-hydrogen) atoms. The first kappa shape index (κ1) is 14.1. The number of carboxylic acids is 1. The molecule has 0 radical (unpaired) electrons. The number of aliphatic carboxylic acids is 1. The van der Waals surface area contributed by atoms with Gasteiger partial charge in [0.2, 0.25) is 5.91 Å². The van der Waals surface area contributed by atoms with Crippen LogP contribution in [0, 0.1) is 11.8 Å². The molecule has 1 aromatic carbocycles. The molecular formula is C17H21NO3. The fourth-order valence-electron chi connectivity index (χ4n) is 3.61. The summed E-state index contributed by atoms with van der Waals surface area (Å²) >= 11 is 0. The summed E-state index contributed by atoms with van der Waals surface area (Å²) in [4.78, 5) is 25.6. The van der Waals surface area contributed by atoms with Crippen molar-refractivity contribution in [1.29, 1.82) is 0 Å². The van der Waals surface area contributed by atoms with Crippen LogP contribution in [-0.2, 0) is 9.59 Å². The van der Waals surface area contributed by atoms with Gasteiger partial charge in [-0.2, -0.15) is 0 Å². The van der Waals surface area contributed by atoms with E-state index in [9.17, 15) is 9.59 Å². The minimum absolute atomic E-state index is 0.0413. The molecule has 1 saturated carbocycles. The number of carboxylic acid groups (broad SMARTS) is 1. The average Bonchev–Trinajstić information content (AvgIpc) is 2.80. The fourth-order valence-corrected chi connectivity index (χ4v) is 3.61. The Balaban J connectivity index is 1.69. The summed E-state index contributed by atoms with van der Waals surface area (Å²) < 4.78 is 0. The molecule has 1 saturated heterocycles. The highest BCUT2D eigenvalue weighted by Crippen LogP contribution is 2.39. The van der Waals surface area contributed by atoms with Crippen LogP contribution < -0.4 is 0 Å². The topological polar surface area (TPSA) is 57.6 Å². The molecule has 0 spiro atoms.